The summed E-state index contributed by atoms with van der Waals surface area (Å²) >= 11 is 5.70. The molecule has 0 amide bonds. The molecule has 0 radical (unpaired) electrons. The summed E-state index contributed by atoms with van der Waals surface area (Å²) in [5, 5.41) is 8.01. The van der Waals surface area contributed by atoms with E-state index in [4.69, 9.17) is 16.7 Å². The van der Waals surface area contributed by atoms with Crippen LogP contribution in [-0.2, 0) is 4.79 Å². The molecular formula is C24H47ClO2. The molecule has 2 nitrogen and oxygen atoms in total. The van der Waals surface area contributed by atoms with E-state index in [2.05, 4.69) is 6.92 Å². The van der Waals surface area contributed by atoms with Crippen molar-refractivity contribution in [1.82, 2.24) is 0 Å². The van der Waals surface area contributed by atoms with Gasteiger partial charge >= 0.3 is 5.97 Å². The lowest BCUT2D eigenvalue weighted by atomic mass is 10.0. The van der Waals surface area contributed by atoms with Crippen LogP contribution in [-0.4, -0.2) is 16.5 Å². The number of carboxylic acids is 1. The van der Waals surface area contributed by atoms with Gasteiger partial charge in [-0.05, 0) is 6.42 Å². The van der Waals surface area contributed by atoms with Gasteiger partial charge in [-0.2, -0.15) is 0 Å². The standard InChI is InChI=1S/C24H47ClO2/c1-2-3-4-5-6-7-8-9-10-11-12-13-14-15-16-17-18-19-20-21-22-23(25)24(26)27/h23H,2-22H2,1H3,(H,26,27). The number of unbranched alkanes of at least 4 members (excludes halogenated alkanes) is 19. The Balaban J connectivity index is 3.04. The van der Waals surface area contributed by atoms with Gasteiger partial charge in [-0.15, -0.1) is 11.6 Å². The molecule has 0 aliphatic carbocycles. The Bertz CT molecular complexity index is 307. The van der Waals surface area contributed by atoms with Crippen LogP contribution in [0.3, 0.4) is 0 Å². The molecule has 1 unspecified atom stereocenters. The SMILES string of the molecule is CCCCCCCCCCCCCCCCCCCCCCC(Cl)C(=O)O. The van der Waals surface area contributed by atoms with Crippen molar-refractivity contribution in [2.45, 2.75) is 147 Å². The van der Waals surface area contributed by atoms with Gasteiger partial charge in [0.2, 0.25) is 0 Å². The minimum absolute atomic E-state index is 0.607. The van der Waals surface area contributed by atoms with Gasteiger partial charge in [-0.3, -0.25) is 4.79 Å². The molecule has 162 valence electrons. The Labute approximate surface area is 174 Å². The molecule has 27 heavy (non-hydrogen) atoms. The van der Waals surface area contributed by atoms with Crippen LogP contribution in [0, 0.1) is 0 Å². The molecule has 1 N–H and O–H groups in total. The van der Waals surface area contributed by atoms with Gasteiger partial charge in [-0.25, -0.2) is 0 Å². The highest BCUT2D eigenvalue weighted by Gasteiger charge is 2.11. The molecule has 0 aromatic heterocycles. The highest BCUT2D eigenvalue weighted by atomic mass is 35.5. The maximum Gasteiger partial charge on any atom is 0.321 e. The molecular weight excluding hydrogens is 356 g/mol. The summed E-state index contributed by atoms with van der Waals surface area (Å²) in [5.74, 6) is -0.880. The second kappa shape index (κ2) is 22.1. The Kier molecular flexibility index (Phi) is 21.9. The first-order chi connectivity index (χ1) is 13.2. The summed E-state index contributed by atoms with van der Waals surface area (Å²) in [7, 11) is 0. The molecule has 0 saturated carbocycles. The predicted octanol–water partition coefficient (Wildman–Crippen LogP) is 8.89. The molecule has 0 spiro atoms. The van der Waals surface area contributed by atoms with Crippen molar-refractivity contribution in [2.24, 2.45) is 0 Å². The third-order valence-electron chi connectivity index (χ3n) is 5.58. The summed E-state index contributed by atoms with van der Waals surface area (Å²) < 4.78 is 0. The molecule has 0 rings (SSSR count). The van der Waals surface area contributed by atoms with E-state index in [-0.39, 0.29) is 0 Å². The molecule has 0 aliphatic rings. The van der Waals surface area contributed by atoms with Gasteiger partial charge in [0.1, 0.15) is 5.38 Å². The Morgan fingerprint density at radius 1 is 0.593 bits per heavy atom. The second-order valence-electron chi connectivity index (χ2n) is 8.31. The largest absolute Gasteiger partial charge is 0.480 e. The highest BCUT2D eigenvalue weighted by Crippen LogP contribution is 2.15. The van der Waals surface area contributed by atoms with Crippen molar-refractivity contribution in [3.05, 3.63) is 0 Å². The maximum atomic E-state index is 10.6. The fourth-order valence-corrected chi connectivity index (χ4v) is 3.86. The first-order valence-corrected chi connectivity index (χ1v) is 12.5. The van der Waals surface area contributed by atoms with E-state index in [1.807, 2.05) is 0 Å². The molecule has 0 bridgehead atoms. The number of hydrogen-bond acceptors (Lipinski definition) is 1. The molecule has 0 aromatic rings. The van der Waals surface area contributed by atoms with E-state index < -0.39 is 11.3 Å². The number of hydrogen-bond donors (Lipinski definition) is 1. The van der Waals surface area contributed by atoms with Gasteiger partial charge in [0.05, 0.1) is 0 Å². The quantitative estimate of drug-likeness (QED) is 0.145. The molecule has 0 heterocycles. The van der Waals surface area contributed by atoms with Gasteiger partial charge in [0.15, 0.2) is 0 Å². The molecule has 0 aliphatic heterocycles. The molecule has 0 fully saturated rings. The zero-order chi connectivity index (χ0) is 20.0. The van der Waals surface area contributed by atoms with Crippen molar-refractivity contribution < 1.29 is 9.90 Å². The van der Waals surface area contributed by atoms with Crippen LogP contribution in [0.4, 0.5) is 0 Å². The van der Waals surface area contributed by atoms with Crippen LogP contribution < -0.4 is 0 Å². The third kappa shape index (κ3) is 21.9. The number of rotatable bonds is 22. The second-order valence-corrected chi connectivity index (χ2v) is 8.84. The molecule has 0 aromatic carbocycles. The summed E-state index contributed by atoms with van der Waals surface area (Å²) in [5.41, 5.74) is 0. The van der Waals surface area contributed by atoms with Crippen molar-refractivity contribution in [3.8, 4) is 0 Å². The summed E-state index contributed by atoms with van der Waals surface area (Å²) in [6.07, 6.45) is 27.9. The van der Waals surface area contributed by atoms with Gasteiger partial charge in [-0.1, -0.05) is 135 Å². The fraction of sp³-hybridized carbons (Fsp3) is 0.958. The van der Waals surface area contributed by atoms with Crippen LogP contribution >= 0.6 is 11.6 Å². The Morgan fingerprint density at radius 2 is 0.852 bits per heavy atom. The van der Waals surface area contributed by atoms with Crippen molar-refractivity contribution in [2.75, 3.05) is 0 Å². The lowest BCUT2D eigenvalue weighted by Gasteiger charge is -2.05. The van der Waals surface area contributed by atoms with Crippen molar-refractivity contribution in [1.29, 1.82) is 0 Å². The maximum absolute atomic E-state index is 10.6. The Hall–Kier alpha value is -0.240. The first kappa shape index (κ1) is 26.8. The van der Waals surface area contributed by atoms with Crippen LogP contribution in [0.25, 0.3) is 0 Å². The zero-order valence-electron chi connectivity index (χ0n) is 18.2. The molecule has 0 saturated heterocycles. The van der Waals surface area contributed by atoms with Gasteiger partial charge in [0.25, 0.3) is 0 Å². The fourth-order valence-electron chi connectivity index (χ4n) is 3.70. The van der Waals surface area contributed by atoms with E-state index in [1.54, 1.807) is 0 Å². The first-order valence-electron chi connectivity index (χ1n) is 12.0. The third-order valence-corrected chi connectivity index (χ3v) is 5.98. The van der Waals surface area contributed by atoms with Gasteiger partial charge < -0.3 is 5.11 Å². The van der Waals surface area contributed by atoms with E-state index in [1.165, 1.54) is 116 Å². The number of carbonyl (C=O) groups is 1. The summed E-state index contributed by atoms with van der Waals surface area (Å²) in [6.45, 7) is 2.28. The van der Waals surface area contributed by atoms with Crippen molar-refractivity contribution in [3.63, 3.8) is 0 Å². The highest BCUT2D eigenvalue weighted by molar-refractivity contribution is 6.29. The number of alkyl halides is 1. The van der Waals surface area contributed by atoms with Gasteiger partial charge in [0, 0.05) is 0 Å². The lowest BCUT2D eigenvalue weighted by molar-refractivity contribution is -0.136. The topological polar surface area (TPSA) is 37.3 Å². The van der Waals surface area contributed by atoms with E-state index >= 15 is 0 Å². The summed E-state index contributed by atoms with van der Waals surface area (Å²) in [6, 6.07) is 0. The normalized spacial score (nSPS) is 12.4. The van der Waals surface area contributed by atoms with Crippen LogP contribution in [0.15, 0.2) is 0 Å². The average molecular weight is 403 g/mol. The Morgan fingerprint density at radius 3 is 1.11 bits per heavy atom. The number of halogens is 1. The van der Waals surface area contributed by atoms with E-state index in [0.717, 1.165) is 12.8 Å². The van der Waals surface area contributed by atoms with Crippen molar-refractivity contribution >= 4 is 17.6 Å². The number of carboxylic acid groups (broad SMARTS) is 1. The smallest absolute Gasteiger partial charge is 0.321 e. The van der Waals surface area contributed by atoms with E-state index in [0.29, 0.717) is 6.42 Å². The monoisotopic (exact) mass is 402 g/mol. The minimum Gasteiger partial charge on any atom is -0.480 e. The van der Waals surface area contributed by atoms with Crippen LogP contribution in [0.2, 0.25) is 0 Å². The van der Waals surface area contributed by atoms with Crippen LogP contribution in [0.5, 0.6) is 0 Å². The molecule has 1 atom stereocenters. The predicted molar refractivity (Wildman–Crippen MR) is 120 cm³/mol. The lowest BCUT2D eigenvalue weighted by Crippen LogP contribution is -2.12. The van der Waals surface area contributed by atoms with Crippen LogP contribution in [0.1, 0.15) is 142 Å². The zero-order valence-corrected chi connectivity index (χ0v) is 18.9. The molecule has 3 heteroatoms. The minimum atomic E-state index is -0.880. The summed E-state index contributed by atoms with van der Waals surface area (Å²) in [4.78, 5) is 10.6. The van der Waals surface area contributed by atoms with E-state index in [9.17, 15) is 4.79 Å². The average Bonchev–Trinajstić information content (AvgIpc) is 2.66. The number of aliphatic carboxylic acids is 1.